The Bertz CT molecular complexity index is 1120. The molecule has 0 spiro atoms. The quantitative estimate of drug-likeness (QED) is 0.459. The van der Waals surface area contributed by atoms with Gasteiger partial charge in [0.05, 0.1) is 5.52 Å². The summed E-state index contributed by atoms with van der Waals surface area (Å²) in [5.74, 6) is -3.03. The lowest BCUT2D eigenvalue weighted by molar-refractivity contribution is 0.448. The van der Waals surface area contributed by atoms with Crippen LogP contribution in [0.1, 0.15) is 5.69 Å². The summed E-state index contributed by atoms with van der Waals surface area (Å²) in [4.78, 5) is 8.69. The summed E-state index contributed by atoms with van der Waals surface area (Å²) < 4.78 is 40.0. The molecule has 136 valence electrons. The molecular weight excluding hydrogens is 357 g/mol. The van der Waals surface area contributed by atoms with E-state index in [9.17, 15) is 13.2 Å². The summed E-state index contributed by atoms with van der Waals surface area (Å²) >= 11 is 0. The van der Waals surface area contributed by atoms with E-state index < -0.39 is 17.5 Å². The molecule has 0 aliphatic rings. The van der Waals surface area contributed by atoms with Gasteiger partial charge in [0.2, 0.25) is 5.95 Å². The van der Waals surface area contributed by atoms with E-state index in [1.165, 1.54) is 0 Å². The maximum absolute atomic E-state index is 13.4. The second-order valence-corrected chi connectivity index (χ2v) is 5.85. The van der Waals surface area contributed by atoms with Crippen LogP contribution in [0.5, 0.6) is 0 Å². The normalized spacial score (nSPS) is 11.0. The first-order chi connectivity index (χ1) is 13.0. The molecule has 2 heterocycles. The molecule has 0 saturated heterocycles. The van der Waals surface area contributed by atoms with Crippen molar-refractivity contribution in [1.29, 1.82) is 0 Å². The predicted molar refractivity (Wildman–Crippen MR) is 95.7 cm³/mol. The van der Waals surface area contributed by atoms with Gasteiger partial charge in [-0.1, -0.05) is 12.1 Å². The maximum Gasteiger partial charge on any atom is 0.229 e. The third kappa shape index (κ3) is 3.39. The molecule has 0 aliphatic carbocycles. The Hall–Kier alpha value is -3.62. The molecule has 3 N–H and O–H groups in total. The van der Waals surface area contributed by atoms with E-state index in [1.807, 2.05) is 19.1 Å². The Morgan fingerprint density at radius 2 is 1.67 bits per heavy atom. The van der Waals surface area contributed by atoms with Gasteiger partial charge in [-0.25, -0.2) is 18.2 Å². The first kappa shape index (κ1) is 16.8. The van der Waals surface area contributed by atoms with Crippen molar-refractivity contribution in [2.24, 2.45) is 0 Å². The summed E-state index contributed by atoms with van der Waals surface area (Å²) in [6.07, 6.45) is 0. The summed E-state index contributed by atoms with van der Waals surface area (Å²) in [5.41, 5.74) is 1.46. The van der Waals surface area contributed by atoms with Gasteiger partial charge in [0.1, 0.15) is 5.82 Å². The number of hydrogen-bond donors (Lipinski definition) is 3. The molecule has 2 aromatic heterocycles. The number of nitrogens with zero attached hydrogens (tertiary/aromatic N) is 3. The van der Waals surface area contributed by atoms with E-state index in [1.54, 1.807) is 18.2 Å². The molecule has 2 aromatic carbocycles. The van der Waals surface area contributed by atoms with Crippen molar-refractivity contribution in [3.05, 3.63) is 65.6 Å². The lowest BCUT2D eigenvalue weighted by Crippen LogP contribution is -2.03. The average molecular weight is 370 g/mol. The lowest BCUT2D eigenvalue weighted by atomic mass is 10.2. The number of anilines is 4. The molecule has 0 bridgehead atoms. The van der Waals surface area contributed by atoms with Crippen LogP contribution < -0.4 is 10.6 Å². The zero-order valence-electron chi connectivity index (χ0n) is 14.0. The Balaban J connectivity index is 1.75. The van der Waals surface area contributed by atoms with Crippen LogP contribution in [0.4, 0.5) is 36.4 Å². The molecule has 0 saturated carbocycles. The van der Waals surface area contributed by atoms with Crippen LogP contribution >= 0.6 is 0 Å². The highest BCUT2D eigenvalue weighted by Gasteiger charge is 2.13. The van der Waals surface area contributed by atoms with Crippen molar-refractivity contribution in [2.75, 3.05) is 10.6 Å². The van der Waals surface area contributed by atoms with Crippen LogP contribution in [0.25, 0.3) is 10.9 Å². The summed E-state index contributed by atoms with van der Waals surface area (Å²) in [5, 5.41) is 13.4. The Kier molecular flexibility index (Phi) is 4.11. The monoisotopic (exact) mass is 370 g/mol. The number of aromatic amines is 1. The number of benzene rings is 2. The smallest absolute Gasteiger partial charge is 0.229 e. The molecule has 0 fully saturated rings. The maximum atomic E-state index is 13.4. The molecule has 0 amide bonds. The molecule has 4 aromatic rings. The van der Waals surface area contributed by atoms with Crippen molar-refractivity contribution >= 4 is 34.2 Å². The molecule has 0 atom stereocenters. The number of hydrogen-bond acceptors (Lipinski definition) is 5. The average Bonchev–Trinajstić information content (AvgIpc) is 3.04. The third-order valence-corrected chi connectivity index (χ3v) is 3.80. The van der Waals surface area contributed by atoms with Gasteiger partial charge < -0.3 is 10.6 Å². The number of para-hydroxylation sites is 1. The molecule has 0 unspecified atom stereocenters. The van der Waals surface area contributed by atoms with Crippen LogP contribution in [0.2, 0.25) is 0 Å². The van der Waals surface area contributed by atoms with Crippen molar-refractivity contribution in [3.63, 3.8) is 0 Å². The molecule has 4 rings (SSSR count). The van der Waals surface area contributed by atoms with E-state index in [0.717, 1.165) is 23.2 Å². The Morgan fingerprint density at radius 1 is 0.926 bits per heavy atom. The lowest BCUT2D eigenvalue weighted by Gasteiger charge is -2.11. The molecule has 0 radical (unpaired) electrons. The predicted octanol–water partition coefficient (Wildman–Crippen LogP) is 4.57. The minimum absolute atomic E-state index is 0.0109. The van der Waals surface area contributed by atoms with Gasteiger partial charge in [-0.05, 0) is 19.1 Å². The fourth-order valence-corrected chi connectivity index (χ4v) is 2.59. The number of halogens is 3. The number of H-pyrrole nitrogens is 1. The standard InChI is InChI=1S/C18H13F3N6/c1-9-6-15(27-26-9)24-17-11-4-2-3-5-14(11)23-18(25-17)22-10-7-12(19)16(21)13(20)8-10/h2-8H,1H3,(H3,22,23,24,25,26,27). The van der Waals surface area contributed by atoms with Crippen molar-refractivity contribution in [1.82, 2.24) is 20.2 Å². The van der Waals surface area contributed by atoms with Crippen LogP contribution in [-0.2, 0) is 0 Å². The van der Waals surface area contributed by atoms with Crippen molar-refractivity contribution in [3.8, 4) is 0 Å². The number of aromatic nitrogens is 4. The van der Waals surface area contributed by atoms with Gasteiger partial charge in [0.25, 0.3) is 0 Å². The molecule has 27 heavy (non-hydrogen) atoms. The van der Waals surface area contributed by atoms with Gasteiger partial charge in [-0.2, -0.15) is 10.1 Å². The van der Waals surface area contributed by atoms with Gasteiger partial charge in [-0.15, -0.1) is 0 Å². The zero-order valence-corrected chi connectivity index (χ0v) is 14.0. The number of rotatable bonds is 4. The van der Waals surface area contributed by atoms with E-state index in [2.05, 4.69) is 30.8 Å². The third-order valence-electron chi connectivity index (χ3n) is 3.80. The summed E-state index contributed by atoms with van der Waals surface area (Å²) in [6, 6.07) is 10.7. The number of nitrogens with one attached hydrogen (secondary N) is 3. The molecule has 0 aliphatic heterocycles. The van der Waals surface area contributed by atoms with Gasteiger partial charge in [-0.3, -0.25) is 5.10 Å². The first-order valence-corrected chi connectivity index (χ1v) is 7.97. The van der Waals surface area contributed by atoms with Crippen molar-refractivity contribution in [2.45, 2.75) is 6.92 Å². The van der Waals surface area contributed by atoms with E-state index >= 15 is 0 Å². The summed E-state index contributed by atoms with van der Waals surface area (Å²) in [7, 11) is 0. The second-order valence-electron chi connectivity index (χ2n) is 5.85. The SMILES string of the molecule is Cc1cc(Nc2nc(Nc3cc(F)c(F)c(F)c3)nc3ccccc23)n[nH]1. The van der Waals surface area contributed by atoms with E-state index in [-0.39, 0.29) is 11.6 Å². The largest absolute Gasteiger partial charge is 0.324 e. The topological polar surface area (TPSA) is 78.5 Å². The summed E-state index contributed by atoms with van der Waals surface area (Å²) in [6.45, 7) is 1.86. The highest BCUT2D eigenvalue weighted by molar-refractivity contribution is 5.91. The van der Waals surface area contributed by atoms with Crippen LogP contribution in [-0.4, -0.2) is 20.2 Å². The van der Waals surface area contributed by atoms with Crippen LogP contribution in [0, 0.1) is 24.4 Å². The fourth-order valence-electron chi connectivity index (χ4n) is 2.59. The highest BCUT2D eigenvalue weighted by Crippen LogP contribution is 2.26. The van der Waals surface area contributed by atoms with Gasteiger partial charge >= 0.3 is 0 Å². The number of aryl methyl sites for hydroxylation is 1. The van der Waals surface area contributed by atoms with Gasteiger partial charge in [0.15, 0.2) is 23.3 Å². The highest BCUT2D eigenvalue weighted by atomic mass is 19.2. The number of fused-ring (bicyclic) bond motifs is 1. The second kappa shape index (κ2) is 6.60. The molecule has 9 heteroatoms. The molecule has 6 nitrogen and oxygen atoms in total. The fraction of sp³-hybridized carbons (Fsp3) is 0.0556. The van der Waals surface area contributed by atoms with Gasteiger partial charge in [0, 0.05) is 35.0 Å². The minimum atomic E-state index is -1.53. The Morgan fingerprint density at radius 3 is 2.37 bits per heavy atom. The molecular formula is C18H13F3N6. The minimum Gasteiger partial charge on any atom is -0.324 e. The van der Waals surface area contributed by atoms with Crippen LogP contribution in [0.3, 0.4) is 0 Å². The first-order valence-electron chi connectivity index (χ1n) is 7.97. The van der Waals surface area contributed by atoms with E-state index in [0.29, 0.717) is 17.2 Å². The zero-order chi connectivity index (χ0) is 19.0. The van der Waals surface area contributed by atoms with Crippen LogP contribution in [0.15, 0.2) is 42.5 Å². The Labute approximate surface area is 151 Å². The van der Waals surface area contributed by atoms with Crippen molar-refractivity contribution < 1.29 is 13.2 Å². The van der Waals surface area contributed by atoms with E-state index in [4.69, 9.17) is 0 Å².